The number of anilines is 1. The van der Waals surface area contributed by atoms with Crippen molar-refractivity contribution < 1.29 is 4.79 Å². The molecule has 0 aromatic heterocycles. The molecular formula is C18H28N2O. The number of nitrogens with zero attached hydrogens (tertiary/aromatic N) is 1. The molecule has 1 aromatic rings. The second-order valence-corrected chi connectivity index (χ2v) is 6.27. The number of para-hydroxylation sites is 1. The molecule has 1 aromatic carbocycles. The van der Waals surface area contributed by atoms with Gasteiger partial charge in [0.05, 0.1) is 0 Å². The van der Waals surface area contributed by atoms with Crippen LogP contribution in [0.1, 0.15) is 44.1 Å². The molecule has 0 aliphatic heterocycles. The Morgan fingerprint density at radius 3 is 2.67 bits per heavy atom. The van der Waals surface area contributed by atoms with Gasteiger partial charge >= 0.3 is 0 Å². The summed E-state index contributed by atoms with van der Waals surface area (Å²) in [5.41, 5.74) is 2.35. The highest BCUT2D eigenvalue weighted by Gasteiger charge is 2.17. The second-order valence-electron chi connectivity index (χ2n) is 6.27. The van der Waals surface area contributed by atoms with E-state index >= 15 is 0 Å². The molecular weight excluding hydrogens is 260 g/mol. The molecule has 21 heavy (non-hydrogen) atoms. The molecule has 1 saturated carbocycles. The summed E-state index contributed by atoms with van der Waals surface area (Å²) in [4.78, 5) is 14.1. The van der Waals surface area contributed by atoms with Gasteiger partial charge in [-0.1, -0.05) is 37.5 Å². The molecule has 0 atom stereocenters. The molecule has 0 unspecified atom stereocenters. The Morgan fingerprint density at radius 2 is 1.95 bits per heavy atom. The van der Waals surface area contributed by atoms with Gasteiger partial charge in [-0.15, -0.1) is 0 Å². The lowest BCUT2D eigenvalue weighted by molar-refractivity contribution is -0.130. The fraction of sp³-hybridized carbons (Fsp3) is 0.611. The number of hydrogen-bond donors (Lipinski definition) is 1. The first-order valence-electron chi connectivity index (χ1n) is 8.20. The predicted octanol–water partition coefficient (Wildman–Crippen LogP) is 3.84. The van der Waals surface area contributed by atoms with Crippen molar-refractivity contribution in [2.45, 2.75) is 45.4 Å². The number of rotatable bonds is 6. The molecule has 0 saturated heterocycles. The predicted molar refractivity (Wildman–Crippen MR) is 88.5 cm³/mol. The van der Waals surface area contributed by atoms with Crippen molar-refractivity contribution in [2.24, 2.45) is 5.92 Å². The molecule has 3 nitrogen and oxygen atoms in total. The minimum absolute atomic E-state index is 0.252. The fourth-order valence-corrected chi connectivity index (χ4v) is 3.13. The summed E-state index contributed by atoms with van der Waals surface area (Å²) in [6.45, 7) is 3.72. The van der Waals surface area contributed by atoms with E-state index in [1.54, 1.807) is 0 Å². The lowest BCUT2D eigenvalue weighted by atomic mass is 9.89. The van der Waals surface area contributed by atoms with Gasteiger partial charge in [0.25, 0.3) is 0 Å². The number of amides is 1. The molecule has 1 amide bonds. The summed E-state index contributed by atoms with van der Waals surface area (Å²) < 4.78 is 0. The number of carbonyl (C=O) groups is 1. The van der Waals surface area contributed by atoms with Gasteiger partial charge in [-0.25, -0.2) is 0 Å². The van der Waals surface area contributed by atoms with Crippen molar-refractivity contribution >= 4 is 11.6 Å². The van der Waals surface area contributed by atoms with Gasteiger partial charge in [0, 0.05) is 32.2 Å². The molecule has 1 aliphatic rings. The van der Waals surface area contributed by atoms with Crippen LogP contribution in [-0.4, -0.2) is 30.9 Å². The van der Waals surface area contributed by atoms with Crippen molar-refractivity contribution in [3.05, 3.63) is 29.8 Å². The van der Waals surface area contributed by atoms with Crippen molar-refractivity contribution in [1.29, 1.82) is 0 Å². The molecule has 1 fully saturated rings. The normalized spacial score (nSPS) is 15.7. The minimum Gasteiger partial charge on any atom is -0.384 e. The van der Waals surface area contributed by atoms with E-state index in [-0.39, 0.29) is 5.91 Å². The third kappa shape index (κ3) is 5.07. The van der Waals surface area contributed by atoms with Crippen LogP contribution in [0, 0.1) is 12.8 Å². The van der Waals surface area contributed by atoms with E-state index in [1.807, 2.05) is 24.1 Å². The third-order valence-electron chi connectivity index (χ3n) is 4.48. The Bertz CT molecular complexity index is 452. The van der Waals surface area contributed by atoms with Crippen molar-refractivity contribution in [1.82, 2.24) is 4.90 Å². The Labute approximate surface area is 128 Å². The van der Waals surface area contributed by atoms with Crippen molar-refractivity contribution in [2.75, 3.05) is 25.5 Å². The standard InChI is InChI=1S/C18H28N2O/c1-15-8-6-7-11-17(15)19-13-12-18(21)20(2)14-16-9-4-3-5-10-16/h6-8,11,16,19H,3-5,9-10,12-14H2,1-2H3. The number of nitrogens with one attached hydrogen (secondary N) is 1. The highest BCUT2D eigenvalue weighted by atomic mass is 16.2. The van der Waals surface area contributed by atoms with Crippen LogP contribution in [-0.2, 0) is 4.79 Å². The van der Waals surface area contributed by atoms with Crippen molar-refractivity contribution in [3.8, 4) is 0 Å². The molecule has 0 radical (unpaired) electrons. The zero-order valence-electron chi connectivity index (χ0n) is 13.4. The minimum atomic E-state index is 0.252. The monoisotopic (exact) mass is 288 g/mol. The van der Waals surface area contributed by atoms with Crippen LogP contribution in [0.3, 0.4) is 0 Å². The van der Waals surface area contributed by atoms with E-state index < -0.39 is 0 Å². The summed E-state index contributed by atoms with van der Waals surface area (Å²) in [5.74, 6) is 0.971. The maximum Gasteiger partial charge on any atom is 0.224 e. The SMILES string of the molecule is Cc1ccccc1NCCC(=O)N(C)CC1CCCCC1. The van der Waals surface area contributed by atoms with Crippen LogP contribution in [0.25, 0.3) is 0 Å². The van der Waals surface area contributed by atoms with Crippen LogP contribution in [0.4, 0.5) is 5.69 Å². The smallest absolute Gasteiger partial charge is 0.224 e. The van der Waals surface area contributed by atoms with Crippen LogP contribution < -0.4 is 5.32 Å². The van der Waals surface area contributed by atoms with Gasteiger partial charge in [-0.3, -0.25) is 4.79 Å². The number of carbonyl (C=O) groups excluding carboxylic acids is 1. The number of benzene rings is 1. The first kappa shape index (κ1) is 15.9. The van der Waals surface area contributed by atoms with Crippen LogP contribution >= 0.6 is 0 Å². The van der Waals surface area contributed by atoms with Gasteiger partial charge in [0.1, 0.15) is 0 Å². The lowest BCUT2D eigenvalue weighted by Gasteiger charge is -2.27. The topological polar surface area (TPSA) is 32.3 Å². The van der Waals surface area contributed by atoms with Gasteiger partial charge in [-0.05, 0) is 37.3 Å². The Kier molecular flexibility index (Phi) is 6.09. The molecule has 0 heterocycles. The molecule has 3 heteroatoms. The molecule has 2 rings (SSSR count). The number of hydrogen-bond acceptors (Lipinski definition) is 2. The maximum atomic E-state index is 12.2. The van der Waals surface area contributed by atoms with E-state index in [9.17, 15) is 4.79 Å². The van der Waals surface area contributed by atoms with Crippen LogP contribution in [0.15, 0.2) is 24.3 Å². The van der Waals surface area contributed by atoms with Gasteiger partial charge < -0.3 is 10.2 Å². The fourth-order valence-electron chi connectivity index (χ4n) is 3.13. The van der Waals surface area contributed by atoms with E-state index in [4.69, 9.17) is 0 Å². The highest BCUT2D eigenvalue weighted by molar-refractivity contribution is 5.76. The molecule has 0 bridgehead atoms. The van der Waals surface area contributed by atoms with E-state index in [0.29, 0.717) is 13.0 Å². The van der Waals surface area contributed by atoms with Gasteiger partial charge in [0.15, 0.2) is 0 Å². The summed E-state index contributed by atoms with van der Waals surface area (Å²) >= 11 is 0. The summed E-state index contributed by atoms with van der Waals surface area (Å²) in [6.07, 6.45) is 7.19. The third-order valence-corrected chi connectivity index (χ3v) is 4.48. The summed E-state index contributed by atoms with van der Waals surface area (Å²) in [7, 11) is 1.95. The maximum absolute atomic E-state index is 12.2. The average Bonchev–Trinajstić information content (AvgIpc) is 2.50. The van der Waals surface area contributed by atoms with Crippen LogP contribution in [0.2, 0.25) is 0 Å². The highest BCUT2D eigenvalue weighted by Crippen LogP contribution is 2.24. The zero-order valence-corrected chi connectivity index (χ0v) is 13.4. The largest absolute Gasteiger partial charge is 0.384 e. The van der Waals surface area contributed by atoms with E-state index in [1.165, 1.54) is 37.7 Å². The zero-order chi connectivity index (χ0) is 15.1. The second kappa shape index (κ2) is 8.06. The van der Waals surface area contributed by atoms with E-state index in [2.05, 4.69) is 24.4 Å². The van der Waals surface area contributed by atoms with Crippen LogP contribution in [0.5, 0.6) is 0 Å². The van der Waals surface area contributed by atoms with Gasteiger partial charge in [0.2, 0.25) is 5.91 Å². The molecule has 1 N–H and O–H groups in total. The quantitative estimate of drug-likeness (QED) is 0.862. The van der Waals surface area contributed by atoms with Crippen molar-refractivity contribution in [3.63, 3.8) is 0 Å². The average molecular weight is 288 g/mol. The first-order chi connectivity index (χ1) is 10.2. The molecule has 116 valence electrons. The molecule has 0 spiro atoms. The summed E-state index contributed by atoms with van der Waals surface area (Å²) in [5, 5.41) is 3.35. The first-order valence-corrected chi connectivity index (χ1v) is 8.20. The Morgan fingerprint density at radius 1 is 1.24 bits per heavy atom. The van der Waals surface area contributed by atoms with E-state index in [0.717, 1.165) is 18.2 Å². The molecule has 1 aliphatic carbocycles. The summed E-state index contributed by atoms with van der Waals surface area (Å²) in [6, 6.07) is 8.20. The number of aryl methyl sites for hydroxylation is 1. The van der Waals surface area contributed by atoms with Gasteiger partial charge in [-0.2, -0.15) is 0 Å². The Balaban J connectivity index is 1.70. The Hall–Kier alpha value is -1.51. The lowest BCUT2D eigenvalue weighted by Crippen LogP contribution is -2.33.